The highest BCUT2D eigenvalue weighted by Gasteiger charge is 2.33. The minimum atomic E-state index is -1.01. The summed E-state index contributed by atoms with van der Waals surface area (Å²) in [5, 5.41) is 13.6. The van der Waals surface area contributed by atoms with E-state index in [2.05, 4.69) is 19.2 Å². The normalized spacial score (nSPS) is 21.3. The number of hydrogen-bond acceptors (Lipinski definition) is 3. The number of thiophene rings is 1. The highest BCUT2D eigenvalue weighted by atomic mass is 32.1. The second-order valence-electron chi connectivity index (χ2n) is 6.14. The van der Waals surface area contributed by atoms with Gasteiger partial charge in [0.15, 0.2) is 0 Å². The van der Waals surface area contributed by atoms with Gasteiger partial charge in [0.05, 0.1) is 4.88 Å². The third-order valence-corrected chi connectivity index (χ3v) is 5.05. The van der Waals surface area contributed by atoms with Crippen molar-refractivity contribution >= 4 is 29.3 Å². The van der Waals surface area contributed by atoms with Crippen molar-refractivity contribution in [3.05, 3.63) is 28.0 Å². The number of carboxylic acid groups (broad SMARTS) is 1. The number of nitrogens with one attached hydrogen (secondary N) is 1. The Kier molecular flexibility index (Phi) is 4.83. The van der Waals surface area contributed by atoms with E-state index < -0.39 is 5.97 Å². The second-order valence-corrected chi connectivity index (χ2v) is 7.05. The van der Waals surface area contributed by atoms with E-state index in [1.54, 1.807) is 6.07 Å². The van der Waals surface area contributed by atoms with E-state index in [9.17, 15) is 9.59 Å². The van der Waals surface area contributed by atoms with Crippen LogP contribution in [0.25, 0.3) is 6.08 Å². The largest absolute Gasteiger partial charge is 0.478 e. The predicted molar refractivity (Wildman–Crippen MR) is 84.5 cm³/mol. The van der Waals surface area contributed by atoms with Crippen LogP contribution >= 0.6 is 11.3 Å². The lowest BCUT2D eigenvalue weighted by Crippen LogP contribution is -2.46. The second kappa shape index (κ2) is 6.43. The molecule has 1 fully saturated rings. The lowest BCUT2D eigenvalue weighted by molar-refractivity contribution is -0.131. The van der Waals surface area contributed by atoms with Crippen molar-refractivity contribution in [2.45, 2.75) is 45.6 Å². The zero-order valence-corrected chi connectivity index (χ0v) is 13.2. The molecule has 2 N–H and O–H groups in total. The fourth-order valence-electron chi connectivity index (χ4n) is 2.78. The molecule has 1 aromatic heterocycles. The Labute approximate surface area is 128 Å². The summed E-state index contributed by atoms with van der Waals surface area (Å²) in [6, 6.07) is 1.95. The number of carboxylic acids is 1. The van der Waals surface area contributed by atoms with Gasteiger partial charge in [-0.25, -0.2) is 4.79 Å². The van der Waals surface area contributed by atoms with Crippen LogP contribution in [0.5, 0.6) is 0 Å². The first-order chi connectivity index (χ1) is 9.90. The molecule has 1 atom stereocenters. The van der Waals surface area contributed by atoms with Crippen molar-refractivity contribution in [2.24, 2.45) is 5.41 Å². The quantitative estimate of drug-likeness (QED) is 0.836. The fourth-order valence-corrected chi connectivity index (χ4v) is 3.57. The number of aliphatic carboxylic acids is 1. The molecule has 114 valence electrons. The van der Waals surface area contributed by atoms with E-state index in [0.29, 0.717) is 10.4 Å². The Morgan fingerprint density at radius 2 is 2.19 bits per heavy atom. The summed E-state index contributed by atoms with van der Waals surface area (Å²) in [5.74, 6) is -1.11. The predicted octanol–water partition coefficient (Wildman–Crippen LogP) is 3.54. The van der Waals surface area contributed by atoms with Crippen molar-refractivity contribution < 1.29 is 14.7 Å². The van der Waals surface area contributed by atoms with Crippen LogP contribution in [0, 0.1) is 5.41 Å². The van der Waals surface area contributed by atoms with Crippen LogP contribution in [0.15, 0.2) is 17.5 Å². The fraction of sp³-hybridized carbons (Fsp3) is 0.500. The average Bonchev–Trinajstić information content (AvgIpc) is 2.87. The molecule has 0 spiro atoms. The van der Waals surface area contributed by atoms with Gasteiger partial charge in [0.25, 0.3) is 5.91 Å². The highest BCUT2D eigenvalue weighted by molar-refractivity contribution is 7.12. The van der Waals surface area contributed by atoms with Crippen LogP contribution in [0.1, 0.15) is 54.8 Å². The van der Waals surface area contributed by atoms with Gasteiger partial charge in [-0.1, -0.05) is 26.7 Å². The number of amides is 1. The molecule has 0 saturated heterocycles. The summed E-state index contributed by atoms with van der Waals surface area (Å²) in [7, 11) is 0. The Morgan fingerprint density at radius 1 is 1.43 bits per heavy atom. The van der Waals surface area contributed by atoms with Gasteiger partial charge in [0.1, 0.15) is 0 Å². The van der Waals surface area contributed by atoms with Crippen molar-refractivity contribution in [2.75, 3.05) is 0 Å². The molecule has 1 aromatic rings. The van der Waals surface area contributed by atoms with Crippen molar-refractivity contribution in [1.82, 2.24) is 5.32 Å². The molecule has 5 heteroatoms. The van der Waals surface area contributed by atoms with E-state index in [4.69, 9.17) is 5.11 Å². The molecular weight excluding hydrogens is 286 g/mol. The molecule has 1 saturated carbocycles. The van der Waals surface area contributed by atoms with Crippen LogP contribution in [-0.2, 0) is 4.79 Å². The molecule has 0 aromatic carbocycles. The zero-order valence-electron chi connectivity index (χ0n) is 12.4. The van der Waals surface area contributed by atoms with Crippen LogP contribution in [-0.4, -0.2) is 23.0 Å². The van der Waals surface area contributed by atoms with Gasteiger partial charge in [0, 0.05) is 12.1 Å². The topological polar surface area (TPSA) is 66.4 Å². The smallest absolute Gasteiger partial charge is 0.328 e. The molecule has 1 aliphatic carbocycles. The van der Waals surface area contributed by atoms with E-state index in [1.807, 2.05) is 5.38 Å². The third-order valence-electron chi connectivity index (χ3n) is 4.12. The summed E-state index contributed by atoms with van der Waals surface area (Å²) in [6.07, 6.45) is 7.01. The molecule has 1 unspecified atom stereocenters. The van der Waals surface area contributed by atoms with E-state index >= 15 is 0 Å². The summed E-state index contributed by atoms with van der Waals surface area (Å²) in [4.78, 5) is 23.6. The minimum Gasteiger partial charge on any atom is -0.478 e. The summed E-state index contributed by atoms with van der Waals surface area (Å²) in [5.41, 5.74) is 0.774. The van der Waals surface area contributed by atoms with E-state index in [1.165, 1.54) is 23.8 Å². The molecule has 0 radical (unpaired) electrons. The SMILES string of the molecule is CC1(C)CCCCC1NC(=O)c1sccc1C=CC(=O)O. The lowest BCUT2D eigenvalue weighted by Gasteiger charge is -2.39. The van der Waals surface area contributed by atoms with Gasteiger partial charge in [-0.05, 0) is 41.3 Å². The van der Waals surface area contributed by atoms with Crippen LogP contribution in [0.2, 0.25) is 0 Å². The van der Waals surface area contributed by atoms with Crippen LogP contribution in [0.4, 0.5) is 0 Å². The maximum Gasteiger partial charge on any atom is 0.328 e. The van der Waals surface area contributed by atoms with Crippen LogP contribution in [0.3, 0.4) is 0 Å². The van der Waals surface area contributed by atoms with Crippen molar-refractivity contribution in [1.29, 1.82) is 0 Å². The maximum atomic E-state index is 12.4. The maximum absolute atomic E-state index is 12.4. The monoisotopic (exact) mass is 307 g/mol. The number of carbonyl (C=O) groups is 2. The van der Waals surface area contributed by atoms with Gasteiger partial charge in [0.2, 0.25) is 0 Å². The molecule has 21 heavy (non-hydrogen) atoms. The molecule has 1 aliphatic rings. The molecule has 2 rings (SSSR count). The van der Waals surface area contributed by atoms with Gasteiger partial charge >= 0.3 is 5.97 Å². The Morgan fingerprint density at radius 3 is 2.86 bits per heavy atom. The first kappa shape index (κ1) is 15.8. The standard InChI is InChI=1S/C16H21NO3S/c1-16(2)9-4-3-5-12(16)17-15(20)14-11(8-10-21-14)6-7-13(18)19/h6-8,10,12H,3-5,9H2,1-2H3,(H,17,20)(H,18,19). The zero-order chi connectivity index (χ0) is 15.5. The molecule has 4 nitrogen and oxygen atoms in total. The van der Waals surface area contributed by atoms with E-state index in [0.717, 1.165) is 25.3 Å². The molecule has 1 amide bonds. The summed E-state index contributed by atoms with van der Waals surface area (Å²) < 4.78 is 0. The van der Waals surface area contributed by atoms with Crippen molar-refractivity contribution in [3.8, 4) is 0 Å². The number of carbonyl (C=O) groups excluding carboxylic acids is 1. The highest BCUT2D eigenvalue weighted by Crippen LogP contribution is 2.35. The van der Waals surface area contributed by atoms with Crippen molar-refractivity contribution in [3.63, 3.8) is 0 Å². The van der Waals surface area contributed by atoms with Gasteiger partial charge < -0.3 is 10.4 Å². The number of hydrogen-bond donors (Lipinski definition) is 2. The van der Waals surface area contributed by atoms with Crippen LogP contribution < -0.4 is 5.32 Å². The summed E-state index contributed by atoms with van der Waals surface area (Å²) in [6.45, 7) is 4.38. The first-order valence-corrected chi connectivity index (χ1v) is 8.07. The average molecular weight is 307 g/mol. The van der Waals surface area contributed by atoms with Gasteiger partial charge in [-0.3, -0.25) is 4.79 Å². The third kappa shape index (κ3) is 3.94. The van der Waals surface area contributed by atoms with Gasteiger partial charge in [-0.15, -0.1) is 11.3 Å². The lowest BCUT2D eigenvalue weighted by atomic mass is 9.73. The molecule has 1 heterocycles. The Balaban J connectivity index is 2.10. The first-order valence-electron chi connectivity index (χ1n) is 7.19. The molecule has 0 bridgehead atoms. The Bertz CT molecular complexity index is 560. The number of rotatable bonds is 4. The van der Waals surface area contributed by atoms with E-state index in [-0.39, 0.29) is 17.4 Å². The minimum absolute atomic E-state index is 0.102. The van der Waals surface area contributed by atoms with Gasteiger partial charge in [-0.2, -0.15) is 0 Å². The molecular formula is C16H21NO3S. The molecule has 0 aliphatic heterocycles. The Hall–Kier alpha value is -1.62. The summed E-state index contributed by atoms with van der Waals surface area (Å²) >= 11 is 1.34.